The lowest BCUT2D eigenvalue weighted by Crippen LogP contribution is -2.25. The molecule has 5 nitrogen and oxygen atoms in total. The molecule has 4 aromatic rings. The summed E-state index contributed by atoms with van der Waals surface area (Å²) in [6.45, 7) is 2.31. The van der Waals surface area contributed by atoms with Gasteiger partial charge in [-0.15, -0.1) is 0 Å². The summed E-state index contributed by atoms with van der Waals surface area (Å²) in [4.78, 5) is 17.2. The Hall–Kier alpha value is -3.32. The van der Waals surface area contributed by atoms with E-state index in [0.29, 0.717) is 29.2 Å². The average Bonchev–Trinajstić information content (AvgIpc) is 3.19. The second kappa shape index (κ2) is 8.81. The summed E-state index contributed by atoms with van der Waals surface area (Å²) in [6.07, 6.45) is -0.896. The highest BCUT2D eigenvalue weighted by atomic mass is 35.5. The van der Waals surface area contributed by atoms with E-state index in [9.17, 15) is 13.6 Å². The minimum absolute atomic E-state index is 0.0948. The number of fused-ring (bicyclic) bond motifs is 1. The Bertz CT molecular complexity index is 1220. The van der Waals surface area contributed by atoms with Crippen molar-refractivity contribution in [3.63, 3.8) is 0 Å². The number of carbonyl (C=O) groups is 1. The number of aryl methyl sites for hydroxylation is 1. The second-order valence-electron chi connectivity index (χ2n) is 7.16. The first-order valence-electron chi connectivity index (χ1n) is 9.69. The zero-order chi connectivity index (χ0) is 22.0. The highest BCUT2D eigenvalue weighted by molar-refractivity contribution is 6.30. The normalized spacial score (nSPS) is 11.3. The highest BCUT2D eigenvalue weighted by Gasteiger charge is 2.21. The van der Waals surface area contributed by atoms with E-state index in [1.807, 2.05) is 43.3 Å². The number of alkyl halides is 2. The molecule has 0 saturated carbocycles. The van der Waals surface area contributed by atoms with E-state index in [-0.39, 0.29) is 16.9 Å². The average molecular weight is 441 g/mol. The Morgan fingerprint density at radius 1 is 1.13 bits per heavy atom. The number of halogens is 3. The predicted molar refractivity (Wildman–Crippen MR) is 116 cm³/mol. The Labute approximate surface area is 182 Å². The third-order valence-corrected chi connectivity index (χ3v) is 5.18. The van der Waals surface area contributed by atoms with Gasteiger partial charge in [-0.3, -0.25) is 4.79 Å². The smallest absolute Gasteiger partial charge is 0.280 e. The van der Waals surface area contributed by atoms with Gasteiger partial charge in [-0.25, -0.2) is 18.3 Å². The maximum atomic E-state index is 13.7. The maximum absolute atomic E-state index is 13.7. The summed E-state index contributed by atoms with van der Waals surface area (Å²) >= 11 is 5.88. The number of aromatic nitrogens is 3. The van der Waals surface area contributed by atoms with Crippen LogP contribution < -0.4 is 5.32 Å². The van der Waals surface area contributed by atoms with Crippen LogP contribution in [0.15, 0.2) is 60.8 Å². The van der Waals surface area contributed by atoms with Gasteiger partial charge in [-0.1, -0.05) is 53.6 Å². The quantitative estimate of drug-likeness (QED) is 0.444. The lowest BCUT2D eigenvalue weighted by Gasteiger charge is -2.09. The number of hydrogen-bond donors (Lipinski definition) is 1. The van der Waals surface area contributed by atoms with Gasteiger partial charge in [-0.05, 0) is 37.1 Å². The molecular formula is C23H19ClF2N4O. The lowest BCUT2D eigenvalue weighted by atomic mass is 10.1. The molecule has 0 atom stereocenters. The molecule has 0 aliphatic carbocycles. The van der Waals surface area contributed by atoms with Crippen molar-refractivity contribution in [2.75, 3.05) is 6.54 Å². The molecule has 0 aliphatic heterocycles. The van der Waals surface area contributed by atoms with Crippen molar-refractivity contribution in [1.29, 1.82) is 0 Å². The van der Waals surface area contributed by atoms with Crippen molar-refractivity contribution in [2.45, 2.75) is 19.8 Å². The van der Waals surface area contributed by atoms with Crippen molar-refractivity contribution in [2.24, 2.45) is 0 Å². The Balaban J connectivity index is 1.62. The minimum Gasteiger partial charge on any atom is -0.352 e. The van der Waals surface area contributed by atoms with Crippen molar-refractivity contribution in [3.8, 4) is 11.3 Å². The van der Waals surface area contributed by atoms with Crippen LogP contribution in [-0.4, -0.2) is 27.0 Å². The van der Waals surface area contributed by atoms with Gasteiger partial charge in [-0.2, -0.15) is 5.10 Å². The molecule has 0 fully saturated rings. The lowest BCUT2D eigenvalue weighted by molar-refractivity contribution is 0.0955. The molecule has 31 heavy (non-hydrogen) atoms. The first-order valence-corrected chi connectivity index (χ1v) is 10.1. The third-order valence-electron chi connectivity index (χ3n) is 4.93. The van der Waals surface area contributed by atoms with Gasteiger partial charge in [0.1, 0.15) is 11.3 Å². The van der Waals surface area contributed by atoms with Crippen LogP contribution in [0.25, 0.3) is 16.9 Å². The Kier molecular flexibility index (Phi) is 5.95. The van der Waals surface area contributed by atoms with Crippen LogP contribution in [0.3, 0.4) is 0 Å². The second-order valence-corrected chi connectivity index (χ2v) is 7.60. The summed E-state index contributed by atoms with van der Waals surface area (Å²) in [5.74, 6) is -0.419. The number of nitrogens with zero attached hydrogens (tertiary/aromatic N) is 3. The molecule has 2 aromatic carbocycles. The van der Waals surface area contributed by atoms with Crippen LogP contribution in [0.2, 0.25) is 5.02 Å². The fourth-order valence-electron chi connectivity index (χ4n) is 3.24. The van der Waals surface area contributed by atoms with Crippen molar-refractivity contribution < 1.29 is 13.6 Å². The van der Waals surface area contributed by atoms with Crippen LogP contribution in [0.4, 0.5) is 8.78 Å². The SMILES string of the molecule is Cc1ccc(-c2cc(C(F)F)n3ncc(C(=O)NCCc4ccc(Cl)cc4)c3n2)cc1. The summed E-state index contributed by atoms with van der Waals surface area (Å²) in [5.41, 5.74) is 3.03. The molecular weight excluding hydrogens is 422 g/mol. The molecule has 1 amide bonds. The number of amides is 1. The Morgan fingerprint density at radius 3 is 2.52 bits per heavy atom. The molecule has 2 heterocycles. The summed E-state index contributed by atoms with van der Waals surface area (Å²) in [5, 5.41) is 7.43. The summed E-state index contributed by atoms with van der Waals surface area (Å²) < 4.78 is 28.4. The van der Waals surface area contributed by atoms with E-state index in [0.717, 1.165) is 15.6 Å². The molecule has 4 rings (SSSR count). The standard InChI is InChI=1S/C23H19ClF2N4O/c1-14-2-6-16(7-3-14)19-12-20(21(25)26)30-22(29-19)18(13-28-30)23(31)27-11-10-15-4-8-17(24)9-5-15/h2-9,12-13,21H,10-11H2,1H3,(H,27,31). The van der Waals surface area contributed by atoms with E-state index in [1.54, 1.807) is 12.1 Å². The van der Waals surface area contributed by atoms with Gasteiger partial charge in [0, 0.05) is 17.1 Å². The van der Waals surface area contributed by atoms with Crippen molar-refractivity contribution in [3.05, 3.63) is 88.2 Å². The van der Waals surface area contributed by atoms with E-state index < -0.39 is 12.3 Å². The van der Waals surface area contributed by atoms with Crippen LogP contribution >= 0.6 is 11.6 Å². The number of nitrogens with one attached hydrogen (secondary N) is 1. The van der Waals surface area contributed by atoms with E-state index in [4.69, 9.17) is 11.6 Å². The number of hydrogen-bond acceptors (Lipinski definition) is 3. The topological polar surface area (TPSA) is 59.3 Å². The van der Waals surface area contributed by atoms with Crippen molar-refractivity contribution in [1.82, 2.24) is 19.9 Å². The van der Waals surface area contributed by atoms with Crippen LogP contribution in [0.5, 0.6) is 0 Å². The molecule has 0 radical (unpaired) electrons. The zero-order valence-corrected chi connectivity index (χ0v) is 17.4. The molecule has 158 valence electrons. The first-order chi connectivity index (χ1) is 14.9. The van der Waals surface area contributed by atoms with E-state index in [2.05, 4.69) is 15.4 Å². The van der Waals surface area contributed by atoms with Crippen LogP contribution in [-0.2, 0) is 6.42 Å². The molecule has 8 heteroatoms. The highest BCUT2D eigenvalue weighted by Crippen LogP contribution is 2.27. The predicted octanol–water partition coefficient (Wildman–Crippen LogP) is 5.27. The fourth-order valence-corrected chi connectivity index (χ4v) is 3.37. The molecule has 0 spiro atoms. The van der Waals surface area contributed by atoms with E-state index in [1.165, 1.54) is 12.3 Å². The van der Waals surface area contributed by atoms with Gasteiger partial charge < -0.3 is 5.32 Å². The zero-order valence-electron chi connectivity index (χ0n) is 16.6. The molecule has 0 unspecified atom stereocenters. The van der Waals surface area contributed by atoms with E-state index >= 15 is 0 Å². The molecule has 0 saturated heterocycles. The van der Waals surface area contributed by atoms with Gasteiger partial charge in [0.15, 0.2) is 5.65 Å². The molecule has 2 aromatic heterocycles. The molecule has 0 bridgehead atoms. The number of carbonyl (C=O) groups excluding carboxylic acids is 1. The van der Waals surface area contributed by atoms with Gasteiger partial charge in [0.05, 0.1) is 11.9 Å². The fraction of sp³-hybridized carbons (Fsp3) is 0.174. The summed E-state index contributed by atoms with van der Waals surface area (Å²) in [7, 11) is 0. The van der Waals surface area contributed by atoms with Gasteiger partial charge >= 0.3 is 0 Å². The minimum atomic E-state index is -2.77. The van der Waals surface area contributed by atoms with Crippen LogP contribution in [0.1, 0.15) is 33.6 Å². The third kappa shape index (κ3) is 4.56. The molecule has 0 aliphatic rings. The van der Waals surface area contributed by atoms with Crippen LogP contribution in [0, 0.1) is 6.92 Å². The largest absolute Gasteiger partial charge is 0.352 e. The first kappa shape index (κ1) is 20.9. The van der Waals surface area contributed by atoms with Crippen molar-refractivity contribution >= 4 is 23.2 Å². The number of rotatable bonds is 6. The van der Waals surface area contributed by atoms with Gasteiger partial charge in [0.25, 0.3) is 12.3 Å². The summed E-state index contributed by atoms with van der Waals surface area (Å²) in [6, 6.07) is 16.0. The maximum Gasteiger partial charge on any atom is 0.280 e. The monoisotopic (exact) mass is 440 g/mol. The Morgan fingerprint density at radius 2 is 1.84 bits per heavy atom. The number of benzene rings is 2. The molecule has 1 N–H and O–H groups in total. The van der Waals surface area contributed by atoms with Gasteiger partial charge in [0.2, 0.25) is 0 Å².